The maximum absolute atomic E-state index is 12.2. The van der Waals surface area contributed by atoms with Crippen molar-refractivity contribution in [1.29, 1.82) is 0 Å². The Kier molecular flexibility index (Phi) is 8.20. The van der Waals surface area contributed by atoms with Crippen LogP contribution in [-0.2, 0) is 25.5 Å². The Morgan fingerprint density at radius 3 is 2.30 bits per heavy atom. The molecule has 0 spiro atoms. The van der Waals surface area contributed by atoms with E-state index < -0.39 is 17.4 Å². The van der Waals surface area contributed by atoms with E-state index in [0.29, 0.717) is 13.0 Å². The van der Waals surface area contributed by atoms with Crippen LogP contribution in [0.4, 0.5) is 0 Å². The molecule has 27 heavy (non-hydrogen) atoms. The molecule has 2 N–H and O–H groups in total. The number of benzene rings is 1. The van der Waals surface area contributed by atoms with Gasteiger partial charge in [0.25, 0.3) is 0 Å². The Hall–Kier alpha value is -3.15. The molecule has 0 fully saturated rings. The Balaban J connectivity index is 0.000000527. The topological polar surface area (TPSA) is 101 Å². The van der Waals surface area contributed by atoms with E-state index >= 15 is 0 Å². The lowest BCUT2D eigenvalue weighted by atomic mass is 9.80. The predicted octanol–water partition coefficient (Wildman–Crippen LogP) is 3.40. The van der Waals surface area contributed by atoms with E-state index in [0.717, 1.165) is 5.56 Å². The number of carboxylic acids is 2. The molecule has 0 saturated carbocycles. The molecule has 1 atom stereocenters. The smallest absolute Gasteiger partial charge is 0.331 e. The fraction of sp³-hybridized carbons (Fsp3) is 0.286. The van der Waals surface area contributed by atoms with Crippen LogP contribution in [0.2, 0.25) is 0 Å². The molecule has 0 aliphatic heterocycles. The maximum Gasteiger partial charge on any atom is 0.331 e. The lowest BCUT2D eigenvalue weighted by molar-refractivity contribution is -0.152. The highest BCUT2D eigenvalue weighted by atomic mass is 16.5. The summed E-state index contributed by atoms with van der Waals surface area (Å²) in [6.07, 6.45) is 5.62. The van der Waals surface area contributed by atoms with Crippen LogP contribution in [0, 0.1) is 5.41 Å². The molecule has 0 amide bonds. The van der Waals surface area contributed by atoms with Crippen LogP contribution in [0.15, 0.2) is 66.3 Å². The van der Waals surface area contributed by atoms with E-state index in [-0.39, 0.29) is 23.5 Å². The van der Waals surface area contributed by atoms with Crippen molar-refractivity contribution in [3.8, 4) is 0 Å². The number of carboxylic acid groups (broad SMARTS) is 2. The van der Waals surface area contributed by atoms with Gasteiger partial charge in [-0.2, -0.15) is 0 Å². The van der Waals surface area contributed by atoms with E-state index in [1.165, 1.54) is 13.0 Å². The van der Waals surface area contributed by atoms with E-state index in [4.69, 9.17) is 14.9 Å². The highest BCUT2D eigenvalue weighted by molar-refractivity contribution is 5.90. The zero-order valence-electron chi connectivity index (χ0n) is 15.5. The summed E-state index contributed by atoms with van der Waals surface area (Å²) in [5.74, 6) is -2.32. The highest BCUT2D eigenvalue weighted by Crippen LogP contribution is 2.32. The third-order valence-corrected chi connectivity index (χ3v) is 3.89. The Morgan fingerprint density at radius 2 is 1.78 bits per heavy atom. The van der Waals surface area contributed by atoms with Crippen molar-refractivity contribution in [2.45, 2.75) is 26.7 Å². The zero-order chi connectivity index (χ0) is 20.4. The molecule has 0 radical (unpaired) electrons. The number of hydrogen-bond acceptors (Lipinski definition) is 4. The number of ether oxygens (including phenoxy) is 1. The van der Waals surface area contributed by atoms with Crippen molar-refractivity contribution < 1.29 is 29.3 Å². The molecule has 144 valence electrons. The van der Waals surface area contributed by atoms with Crippen molar-refractivity contribution in [2.75, 3.05) is 6.61 Å². The number of carbonyl (C=O) groups is 3. The number of rotatable bonds is 6. The number of allylic oxidation sites excluding steroid dienone is 2. The third-order valence-electron chi connectivity index (χ3n) is 3.89. The van der Waals surface area contributed by atoms with Crippen LogP contribution < -0.4 is 0 Å². The van der Waals surface area contributed by atoms with Crippen molar-refractivity contribution in [3.63, 3.8) is 0 Å². The molecule has 1 aliphatic rings. The first-order valence-corrected chi connectivity index (χ1v) is 8.37. The molecule has 0 bridgehead atoms. The number of aliphatic carboxylic acids is 2. The van der Waals surface area contributed by atoms with Gasteiger partial charge in [0.1, 0.15) is 0 Å². The first kappa shape index (κ1) is 21.9. The average Bonchev–Trinajstić information content (AvgIpc) is 2.63. The van der Waals surface area contributed by atoms with Gasteiger partial charge in [0.2, 0.25) is 0 Å². The first-order chi connectivity index (χ1) is 12.7. The van der Waals surface area contributed by atoms with E-state index in [1.54, 1.807) is 19.1 Å². The third kappa shape index (κ3) is 7.32. The van der Waals surface area contributed by atoms with Gasteiger partial charge in [-0.05, 0) is 25.8 Å². The van der Waals surface area contributed by atoms with Crippen molar-refractivity contribution >= 4 is 17.9 Å². The molecule has 0 heterocycles. The lowest BCUT2D eigenvalue weighted by Crippen LogP contribution is -2.31. The summed E-state index contributed by atoms with van der Waals surface area (Å²) in [6, 6.07) is 9.75. The van der Waals surface area contributed by atoms with Crippen LogP contribution in [-0.4, -0.2) is 34.7 Å². The van der Waals surface area contributed by atoms with Gasteiger partial charge in [0.15, 0.2) is 0 Å². The second-order valence-electron chi connectivity index (χ2n) is 6.41. The van der Waals surface area contributed by atoms with Crippen LogP contribution >= 0.6 is 0 Å². The number of hydrogen-bond donors (Lipinski definition) is 2. The minimum atomic E-state index is -0.998. The second kappa shape index (κ2) is 10.1. The average molecular weight is 372 g/mol. The normalized spacial score (nSPS) is 17.8. The largest absolute Gasteiger partial charge is 0.478 e. The van der Waals surface area contributed by atoms with Crippen molar-refractivity contribution in [3.05, 3.63) is 71.8 Å². The molecule has 6 heteroatoms. The lowest BCUT2D eigenvalue weighted by Gasteiger charge is -2.26. The molecule has 0 aromatic heterocycles. The van der Waals surface area contributed by atoms with Gasteiger partial charge < -0.3 is 14.9 Å². The minimum Gasteiger partial charge on any atom is -0.478 e. The summed E-state index contributed by atoms with van der Waals surface area (Å²) < 4.78 is 5.31. The summed E-state index contributed by atoms with van der Waals surface area (Å²) in [6.45, 7) is 6.59. The molecular weight excluding hydrogens is 348 g/mol. The van der Waals surface area contributed by atoms with Crippen LogP contribution in [0.25, 0.3) is 0 Å². The van der Waals surface area contributed by atoms with Crippen LogP contribution in [0.5, 0.6) is 0 Å². The van der Waals surface area contributed by atoms with Gasteiger partial charge in [-0.25, -0.2) is 9.59 Å². The van der Waals surface area contributed by atoms with Gasteiger partial charge in [0, 0.05) is 17.6 Å². The van der Waals surface area contributed by atoms with E-state index in [9.17, 15) is 14.4 Å². The molecule has 1 aliphatic carbocycles. The molecule has 1 unspecified atom stereocenters. The minimum absolute atomic E-state index is 0.156. The monoisotopic (exact) mass is 372 g/mol. The van der Waals surface area contributed by atoms with Crippen LogP contribution in [0.1, 0.15) is 25.8 Å². The molecule has 1 aromatic carbocycles. The van der Waals surface area contributed by atoms with Gasteiger partial charge in [-0.3, -0.25) is 4.79 Å². The van der Waals surface area contributed by atoms with Crippen molar-refractivity contribution in [1.82, 2.24) is 0 Å². The van der Waals surface area contributed by atoms with Gasteiger partial charge >= 0.3 is 17.9 Å². The standard InChI is InChI=1S/C17H18O4.C4H6O2/c1-17(10-5-8-14(12-17)15(18)19)16(20)21-11-9-13-6-3-2-4-7-13;1-3(2)4(5)6/h2-8,10H,9,11-12H2,1H3,(H,18,19);1H2,2H3,(H,5,6). The van der Waals surface area contributed by atoms with Gasteiger partial charge in [-0.1, -0.05) is 55.1 Å². The molecule has 2 rings (SSSR count). The van der Waals surface area contributed by atoms with Gasteiger partial charge in [-0.15, -0.1) is 0 Å². The molecule has 1 aromatic rings. The molecule has 0 saturated heterocycles. The Labute approximate surface area is 158 Å². The summed E-state index contributed by atoms with van der Waals surface area (Å²) in [5.41, 5.74) is 0.592. The summed E-state index contributed by atoms with van der Waals surface area (Å²) in [4.78, 5) is 32.8. The second-order valence-corrected chi connectivity index (χ2v) is 6.41. The van der Waals surface area contributed by atoms with E-state index in [2.05, 4.69) is 6.58 Å². The van der Waals surface area contributed by atoms with Crippen molar-refractivity contribution in [2.24, 2.45) is 5.41 Å². The highest BCUT2D eigenvalue weighted by Gasteiger charge is 2.36. The molecular formula is C21H24O6. The van der Waals surface area contributed by atoms with Gasteiger partial charge in [0.05, 0.1) is 12.0 Å². The Morgan fingerprint density at radius 1 is 1.19 bits per heavy atom. The maximum atomic E-state index is 12.2. The first-order valence-electron chi connectivity index (χ1n) is 8.37. The SMILES string of the molecule is C=C(C)C(=O)O.CC1(C(=O)OCCc2ccccc2)C=CC=C(C(=O)O)C1. The zero-order valence-corrected chi connectivity index (χ0v) is 15.5. The van der Waals surface area contributed by atoms with Crippen LogP contribution in [0.3, 0.4) is 0 Å². The summed E-state index contributed by atoms with van der Waals surface area (Å²) in [7, 11) is 0. The number of esters is 1. The predicted molar refractivity (Wildman–Crippen MR) is 101 cm³/mol. The molecule has 6 nitrogen and oxygen atoms in total. The van der Waals surface area contributed by atoms with E-state index in [1.807, 2.05) is 30.3 Å². The Bertz CT molecular complexity index is 748. The number of carbonyl (C=O) groups excluding carboxylic acids is 1. The summed E-state index contributed by atoms with van der Waals surface area (Å²) in [5, 5.41) is 16.9. The summed E-state index contributed by atoms with van der Waals surface area (Å²) >= 11 is 0. The quantitative estimate of drug-likeness (QED) is 0.586. The fourth-order valence-electron chi connectivity index (χ4n) is 2.25. The fourth-order valence-corrected chi connectivity index (χ4v) is 2.25.